The number of rotatable bonds is 1. The van der Waals surface area contributed by atoms with Crippen molar-refractivity contribution >= 4 is 17.4 Å². The molecule has 0 unspecified atom stereocenters. The molecule has 24 heavy (non-hydrogen) atoms. The second-order valence-corrected chi connectivity index (χ2v) is 6.71. The molecule has 4 nitrogen and oxygen atoms in total. The summed E-state index contributed by atoms with van der Waals surface area (Å²) in [6.45, 7) is 2.92. The lowest BCUT2D eigenvalue weighted by Crippen LogP contribution is -2.29. The Labute approximate surface area is 141 Å². The highest BCUT2D eigenvalue weighted by molar-refractivity contribution is 6.20. The first-order valence-electron chi connectivity index (χ1n) is 8.52. The maximum Gasteiger partial charge on any atom is 0.0918 e. The molecule has 0 fully saturated rings. The van der Waals surface area contributed by atoms with Gasteiger partial charge in [-0.15, -0.1) is 0 Å². The number of benzene rings is 1. The van der Waals surface area contributed by atoms with E-state index >= 15 is 0 Å². The van der Waals surface area contributed by atoms with Gasteiger partial charge in [0.15, 0.2) is 0 Å². The van der Waals surface area contributed by atoms with E-state index in [2.05, 4.69) is 65.3 Å². The summed E-state index contributed by atoms with van der Waals surface area (Å²) in [5.74, 6) is 0. The van der Waals surface area contributed by atoms with Crippen LogP contribution in [0.3, 0.4) is 0 Å². The van der Waals surface area contributed by atoms with E-state index in [9.17, 15) is 0 Å². The monoisotopic (exact) mass is 316 g/mol. The van der Waals surface area contributed by atoms with Crippen LogP contribution < -0.4 is 10.7 Å². The Morgan fingerprint density at radius 2 is 2.17 bits per heavy atom. The highest BCUT2D eigenvalue weighted by Crippen LogP contribution is 2.38. The molecule has 0 atom stereocenters. The topological polar surface area (TPSA) is 39.7 Å². The lowest BCUT2D eigenvalue weighted by Gasteiger charge is -2.30. The molecule has 120 valence electrons. The minimum atomic E-state index is 0.924. The number of hydrogen-bond acceptors (Lipinski definition) is 4. The lowest BCUT2D eigenvalue weighted by molar-refractivity contribution is 0.486. The standard InChI is InChI=1S/C20H20N4/c1-24-11-16(13-7-9-21-10-8-13)20-17(12-24)15-4-2-3-14-5-6-18(19(14)15)22-23-20/h2-7,12,21,23H,8-11H2,1H3. The van der Waals surface area contributed by atoms with Gasteiger partial charge in [0.1, 0.15) is 0 Å². The minimum Gasteiger partial charge on any atom is -0.375 e. The molecule has 5 rings (SSSR count). The first-order chi connectivity index (χ1) is 11.8. The largest absolute Gasteiger partial charge is 0.375 e. The predicted molar refractivity (Wildman–Crippen MR) is 98.4 cm³/mol. The molecule has 1 aromatic rings. The van der Waals surface area contributed by atoms with Crippen molar-refractivity contribution in [3.63, 3.8) is 0 Å². The number of nitrogens with one attached hydrogen (secondary N) is 2. The molecule has 3 heterocycles. The zero-order chi connectivity index (χ0) is 16.1. The molecule has 2 N–H and O–H groups in total. The van der Waals surface area contributed by atoms with Crippen LogP contribution in [0.4, 0.5) is 0 Å². The molecule has 0 radical (unpaired) electrons. The van der Waals surface area contributed by atoms with Gasteiger partial charge in [0, 0.05) is 43.0 Å². The van der Waals surface area contributed by atoms with Gasteiger partial charge in [-0.2, -0.15) is 5.10 Å². The second kappa shape index (κ2) is 5.21. The van der Waals surface area contributed by atoms with E-state index in [1.165, 1.54) is 39.1 Å². The predicted octanol–water partition coefficient (Wildman–Crippen LogP) is 2.48. The van der Waals surface area contributed by atoms with Crippen LogP contribution in [-0.4, -0.2) is 37.3 Å². The maximum atomic E-state index is 4.71. The van der Waals surface area contributed by atoms with Crippen molar-refractivity contribution in [2.24, 2.45) is 5.10 Å². The van der Waals surface area contributed by atoms with Crippen molar-refractivity contribution < 1.29 is 0 Å². The molecule has 0 saturated carbocycles. The molecular formula is C20H20N4. The summed E-state index contributed by atoms with van der Waals surface area (Å²) in [5, 5.41) is 8.11. The van der Waals surface area contributed by atoms with Crippen molar-refractivity contribution in [2.75, 3.05) is 26.7 Å². The van der Waals surface area contributed by atoms with Crippen LogP contribution in [0.5, 0.6) is 0 Å². The van der Waals surface area contributed by atoms with E-state index in [-0.39, 0.29) is 0 Å². The summed E-state index contributed by atoms with van der Waals surface area (Å²) in [5.41, 5.74) is 13.4. The average molecular weight is 316 g/mol. The number of nitrogens with zero attached hydrogens (tertiary/aromatic N) is 2. The van der Waals surface area contributed by atoms with E-state index in [1.807, 2.05) is 0 Å². The molecule has 0 spiro atoms. The smallest absolute Gasteiger partial charge is 0.0918 e. The average Bonchev–Trinajstić information content (AvgIpc) is 2.96. The first kappa shape index (κ1) is 13.8. The number of likely N-dealkylation sites (N-methyl/N-ethyl adjacent to an activating group) is 1. The Bertz CT molecular complexity index is 883. The summed E-state index contributed by atoms with van der Waals surface area (Å²) in [7, 11) is 2.15. The summed E-state index contributed by atoms with van der Waals surface area (Å²) in [4.78, 5) is 2.28. The Balaban J connectivity index is 1.74. The Kier molecular flexibility index (Phi) is 3.00. The van der Waals surface area contributed by atoms with Gasteiger partial charge in [-0.1, -0.05) is 30.4 Å². The number of hydrogen-bond donors (Lipinski definition) is 2. The Morgan fingerprint density at radius 3 is 3.04 bits per heavy atom. The molecular weight excluding hydrogens is 296 g/mol. The fourth-order valence-electron chi connectivity index (χ4n) is 3.99. The second-order valence-electron chi connectivity index (χ2n) is 6.71. The molecule has 0 amide bonds. The summed E-state index contributed by atoms with van der Waals surface area (Å²) in [6, 6.07) is 6.52. The molecule has 3 aliphatic heterocycles. The van der Waals surface area contributed by atoms with Gasteiger partial charge >= 0.3 is 0 Å². The van der Waals surface area contributed by atoms with Gasteiger partial charge in [-0.25, -0.2) is 0 Å². The molecule has 4 heteroatoms. The third-order valence-electron chi connectivity index (χ3n) is 5.13. The van der Waals surface area contributed by atoms with E-state index in [4.69, 9.17) is 5.10 Å². The third-order valence-corrected chi connectivity index (χ3v) is 5.13. The van der Waals surface area contributed by atoms with E-state index < -0.39 is 0 Å². The van der Waals surface area contributed by atoms with E-state index in [0.717, 1.165) is 31.8 Å². The van der Waals surface area contributed by atoms with Gasteiger partial charge in [0.25, 0.3) is 0 Å². The van der Waals surface area contributed by atoms with Crippen molar-refractivity contribution in [3.8, 4) is 0 Å². The molecule has 1 aliphatic carbocycles. The number of fused-ring (bicyclic) bond motifs is 2. The molecule has 1 aromatic carbocycles. The van der Waals surface area contributed by atoms with Crippen LogP contribution in [0.1, 0.15) is 23.1 Å². The highest BCUT2D eigenvalue weighted by atomic mass is 15.3. The van der Waals surface area contributed by atoms with Gasteiger partial charge in [-0.05, 0) is 35.7 Å². The van der Waals surface area contributed by atoms with Crippen molar-refractivity contribution in [3.05, 3.63) is 70.1 Å². The van der Waals surface area contributed by atoms with Crippen LogP contribution >= 0.6 is 0 Å². The minimum absolute atomic E-state index is 0.924. The molecule has 0 saturated heterocycles. The van der Waals surface area contributed by atoms with Gasteiger partial charge in [0.2, 0.25) is 0 Å². The third kappa shape index (κ3) is 2.00. The molecule has 0 bridgehead atoms. The SMILES string of the molecule is CN1C=C2C(=C(C3=CCNCC3)C1)NN=C1C=Cc3cccc2c31. The van der Waals surface area contributed by atoms with Gasteiger partial charge < -0.3 is 10.2 Å². The molecule has 4 aliphatic rings. The van der Waals surface area contributed by atoms with Gasteiger partial charge in [0.05, 0.1) is 11.4 Å². The number of allylic oxidation sites excluding steroid dienone is 2. The zero-order valence-electron chi connectivity index (χ0n) is 13.8. The van der Waals surface area contributed by atoms with E-state index in [0.29, 0.717) is 0 Å². The lowest BCUT2D eigenvalue weighted by atomic mass is 9.88. The summed E-state index contributed by atoms with van der Waals surface area (Å²) < 4.78 is 0. The molecule has 0 aromatic heterocycles. The number of hydrazone groups is 1. The Morgan fingerprint density at radius 1 is 1.21 bits per heavy atom. The van der Waals surface area contributed by atoms with Crippen LogP contribution in [-0.2, 0) is 0 Å². The van der Waals surface area contributed by atoms with Crippen LogP contribution in [0.15, 0.2) is 58.5 Å². The summed E-state index contributed by atoms with van der Waals surface area (Å²) >= 11 is 0. The van der Waals surface area contributed by atoms with Crippen LogP contribution in [0.2, 0.25) is 0 Å². The first-order valence-corrected chi connectivity index (χ1v) is 8.52. The fourth-order valence-corrected chi connectivity index (χ4v) is 3.99. The normalized spacial score (nSPS) is 21.4. The van der Waals surface area contributed by atoms with E-state index in [1.54, 1.807) is 0 Å². The highest BCUT2D eigenvalue weighted by Gasteiger charge is 2.29. The van der Waals surface area contributed by atoms with Crippen LogP contribution in [0, 0.1) is 0 Å². The van der Waals surface area contributed by atoms with Crippen LogP contribution in [0.25, 0.3) is 11.6 Å². The fraction of sp³-hybridized carbons (Fsp3) is 0.250. The summed E-state index contributed by atoms with van der Waals surface area (Å²) in [6.07, 6.45) is 9.90. The van der Waals surface area contributed by atoms with Crippen molar-refractivity contribution in [1.82, 2.24) is 15.6 Å². The quantitative estimate of drug-likeness (QED) is 0.836. The maximum absolute atomic E-state index is 4.71. The van der Waals surface area contributed by atoms with Gasteiger partial charge in [-0.3, -0.25) is 5.43 Å². The van der Waals surface area contributed by atoms with Crippen molar-refractivity contribution in [1.29, 1.82) is 0 Å². The van der Waals surface area contributed by atoms with Crippen molar-refractivity contribution in [2.45, 2.75) is 6.42 Å². The zero-order valence-corrected chi connectivity index (χ0v) is 13.8. The Hall–Kier alpha value is -2.59.